The van der Waals surface area contributed by atoms with Gasteiger partial charge in [-0.3, -0.25) is 4.79 Å². The molecule has 2 aromatic heterocycles. The molecule has 0 saturated heterocycles. The summed E-state index contributed by atoms with van der Waals surface area (Å²) in [6.07, 6.45) is 0. The van der Waals surface area contributed by atoms with E-state index in [1.54, 1.807) is 28.4 Å². The molecule has 0 aliphatic heterocycles. The lowest BCUT2D eigenvalue weighted by molar-refractivity contribution is 0.0953. The van der Waals surface area contributed by atoms with Gasteiger partial charge in [-0.15, -0.1) is 11.3 Å². The number of sulfone groups is 1. The number of benzene rings is 2. The fraction of sp³-hybridized carbons (Fsp3) is 0.125. The Morgan fingerprint density at radius 3 is 2.41 bits per heavy atom. The van der Waals surface area contributed by atoms with Gasteiger partial charge in [0.2, 0.25) is 14.9 Å². The molecule has 1 amide bonds. The Morgan fingerprint density at radius 1 is 1.00 bits per heavy atom. The lowest BCUT2D eigenvalue weighted by atomic mass is 10.1. The van der Waals surface area contributed by atoms with E-state index in [2.05, 4.69) is 15.9 Å². The summed E-state index contributed by atoms with van der Waals surface area (Å²) in [5, 5.41) is 1.69. The zero-order valence-corrected chi connectivity index (χ0v) is 20.6. The zero-order valence-electron chi connectivity index (χ0n) is 17.4. The molecule has 8 heteroatoms. The van der Waals surface area contributed by atoms with E-state index >= 15 is 0 Å². The predicted octanol–water partition coefficient (Wildman–Crippen LogP) is 6.40. The van der Waals surface area contributed by atoms with Gasteiger partial charge >= 0.3 is 0 Å². The quantitative estimate of drug-likeness (QED) is 0.289. The largest absolute Gasteiger partial charge is 0.439 e. The smallest absolute Gasteiger partial charge is 0.294 e. The Hall–Kier alpha value is -2.68. The van der Waals surface area contributed by atoms with Crippen molar-refractivity contribution in [3.8, 4) is 0 Å². The standard InChI is InChI=1S/C24H20BrNO4S2/c1-16-5-8-19(14-17(16)2)26(15-20-4-3-13-31-20)24(27)22-11-12-23(30-22)32(28,29)21-9-6-18(25)7-10-21/h3-14H,15H2,1-2H3. The van der Waals surface area contributed by atoms with E-state index in [0.717, 1.165) is 26.2 Å². The van der Waals surface area contributed by atoms with Crippen LogP contribution in [-0.2, 0) is 16.4 Å². The molecule has 0 fully saturated rings. The first-order valence-electron chi connectivity index (χ1n) is 9.78. The number of halogens is 1. The molecule has 5 nitrogen and oxygen atoms in total. The normalized spacial score (nSPS) is 11.5. The number of anilines is 1. The molecular formula is C24H20BrNO4S2. The molecule has 0 atom stereocenters. The van der Waals surface area contributed by atoms with Crippen LogP contribution in [0.4, 0.5) is 5.69 Å². The van der Waals surface area contributed by atoms with Crippen LogP contribution >= 0.6 is 27.3 Å². The third kappa shape index (κ3) is 4.57. The van der Waals surface area contributed by atoms with E-state index in [9.17, 15) is 13.2 Å². The summed E-state index contributed by atoms with van der Waals surface area (Å²) in [7, 11) is -3.88. The van der Waals surface area contributed by atoms with Gasteiger partial charge in [0.25, 0.3) is 5.91 Å². The van der Waals surface area contributed by atoms with Gasteiger partial charge in [-0.25, -0.2) is 8.42 Å². The van der Waals surface area contributed by atoms with Gasteiger partial charge in [-0.1, -0.05) is 28.1 Å². The van der Waals surface area contributed by atoms with Gasteiger partial charge in [-0.2, -0.15) is 0 Å². The number of hydrogen-bond donors (Lipinski definition) is 0. The van der Waals surface area contributed by atoms with Crippen molar-refractivity contribution in [2.45, 2.75) is 30.4 Å². The molecule has 0 spiro atoms. The average molecular weight is 530 g/mol. The Balaban J connectivity index is 1.69. The van der Waals surface area contributed by atoms with E-state index in [1.807, 2.05) is 49.6 Å². The zero-order chi connectivity index (χ0) is 22.9. The Bertz CT molecular complexity index is 1360. The first kappa shape index (κ1) is 22.5. The maximum Gasteiger partial charge on any atom is 0.294 e. The van der Waals surface area contributed by atoms with Crippen LogP contribution in [0.15, 0.2) is 91.0 Å². The lowest BCUT2D eigenvalue weighted by Crippen LogP contribution is -2.30. The van der Waals surface area contributed by atoms with E-state index in [-0.39, 0.29) is 15.7 Å². The highest BCUT2D eigenvalue weighted by molar-refractivity contribution is 9.10. The molecule has 2 aromatic carbocycles. The minimum absolute atomic E-state index is 0.0320. The van der Waals surface area contributed by atoms with E-state index in [1.165, 1.54) is 24.3 Å². The molecule has 2 heterocycles. The van der Waals surface area contributed by atoms with Crippen LogP contribution in [0, 0.1) is 13.8 Å². The summed E-state index contributed by atoms with van der Waals surface area (Å²) in [5.41, 5.74) is 2.91. The van der Waals surface area contributed by atoms with Gasteiger partial charge in [0.1, 0.15) is 0 Å². The van der Waals surface area contributed by atoms with E-state index in [4.69, 9.17) is 4.42 Å². The minimum Gasteiger partial charge on any atom is -0.439 e. The van der Waals surface area contributed by atoms with Crippen LogP contribution in [0.1, 0.15) is 26.6 Å². The second kappa shape index (κ2) is 9.05. The van der Waals surface area contributed by atoms with Crippen molar-refractivity contribution >= 4 is 48.7 Å². The van der Waals surface area contributed by atoms with Crippen molar-refractivity contribution in [1.29, 1.82) is 0 Å². The molecular weight excluding hydrogens is 510 g/mol. The summed E-state index contributed by atoms with van der Waals surface area (Å²) in [6.45, 7) is 4.35. The predicted molar refractivity (Wildman–Crippen MR) is 129 cm³/mol. The number of furan rings is 1. The fourth-order valence-corrected chi connectivity index (χ4v) is 5.31. The molecule has 0 radical (unpaired) electrons. The molecule has 164 valence electrons. The maximum absolute atomic E-state index is 13.4. The van der Waals surface area contributed by atoms with Gasteiger partial charge < -0.3 is 9.32 Å². The number of nitrogens with zero attached hydrogens (tertiary/aromatic N) is 1. The average Bonchev–Trinajstić information content (AvgIpc) is 3.46. The van der Waals surface area contributed by atoms with Gasteiger partial charge in [0.05, 0.1) is 11.4 Å². The fourth-order valence-electron chi connectivity index (χ4n) is 3.17. The summed E-state index contributed by atoms with van der Waals surface area (Å²) >= 11 is 4.85. The number of carbonyl (C=O) groups is 1. The summed E-state index contributed by atoms with van der Waals surface area (Å²) in [6, 6.07) is 18.7. The molecule has 0 saturated carbocycles. The lowest BCUT2D eigenvalue weighted by Gasteiger charge is -2.22. The summed E-state index contributed by atoms with van der Waals surface area (Å²) in [4.78, 5) is 16.1. The third-order valence-electron chi connectivity index (χ3n) is 5.12. The van der Waals surface area contributed by atoms with Gasteiger partial charge in [0, 0.05) is 15.0 Å². The van der Waals surface area contributed by atoms with E-state index < -0.39 is 15.7 Å². The van der Waals surface area contributed by atoms with Crippen LogP contribution < -0.4 is 4.90 Å². The highest BCUT2D eigenvalue weighted by Gasteiger charge is 2.27. The van der Waals surface area contributed by atoms with Crippen LogP contribution in [0.5, 0.6) is 0 Å². The minimum atomic E-state index is -3.88. The number of thiophene rings is 1. The highest BCUT2D eigenvalue weighted by atomic mass is 79.9. The van der Waals surface area contributed by atoms with Crippen molar-refractivity contribution in [3.63, 3.8) is 0 Å². The van der Waals surface area contributed by atoms with Crippen molar-refractivity contribution < 1.29 is 17.6 Å². The Labute approximate surface area is 199 Å². The number of aryl methyl sites for hydroxylation is 2. The maximum atomic E-state index is 13.4. The van der Waals surface area contributed by atoms with Crippen LogP contribution in [-0.4, -0.2) is 14.3 Å². The van der Waals surface area contributed by atoms with Crippen molar-refractivity contribution in [2.24, 2.45) is 0 Å². The molecule has 4 aromatic rings. The first-order valence-corrected chi connectivity index (χ1v) is 12.9. The number of hydrogen-bond acceptors (Lipinski definition) is 5. The number of rotatable bonds is 6. The van der Waals surface area contributed by atoms with E-state index in [0.29, 0.717) is 6.54 Å². The number of amides is 1. The van der Waals surface area contributed by atoms with Crippen LogP contribution in [0.3, 0.4) is 0 Å². The number of carbonyl (C=O) groups excluding carboxylic acids is 1. The molecule has 4 rings (SSSR count). The SMILES string of the molecule is Cc1ccc(N(Cc2cccs2)C(=O)c2ccc(S(=O)(=O)c3ccc(Br)cc3)o2)cc1C. The van der Waals surface area contributed by atoms with Crippen LogP contribution in [0.2, 0.25) is 0 Å². The van der Waals surface area contributed by atoms with Gasteiger partial charge in [0.15, 0.2) is 5.76 Å². The molecule has 0 aliphatic carbocycles. The summed E-state index contributed by atoms with van der Waals surface area (Å²) < 4.78 is 32.2. The second-order valence-corrected chi connectivity index (χ2v) is 11.1. The Kier molecular flexibility index (Phi) is 6.37. The molecule has 0 bridgehead atoms. The second-order valence-electron chi connectivity index (χ2n) is 7.32. The molecule has 32 heavy (non-hydrogen) atoms. The van der Waals surface area contributed by atoms with Crippen molar-refractivity contribution in [3.05, 3.63) is 98.3 Å². The topological polar surface area (TPSA) is 67.6 Å². The molecule has 0 unspecified atom stereocenters. The third-order valence-corrected chi connectivity index (χ3v) is 8.15. The monoisotopic (exact) mass is 529 g/mol. The first-order chi connectivity index (χ1) is 15.3. The Morgan fingerprint density at radius 2 is 1.75 bits per heavy atom. The summed E-state index contributed by atoms with van der Waals surface area (Å²) in [5.74, 6) is -0.436. The van der Waals surface area contributed by atoms with Gasteiger partial charge in [-0.05, 0) is 85.0 Å². The van der Waals surface area contributed by atoms with Crippen molar-refractivity contribution in [2.75, 3.05) is 4.90 Å². The van der Waals surface area contributed by atoms with Crippen molar-refractivity contribution in [1.82, 2.24) is 0 Å². The molecule has 0 aliphatic rings. The molecule has 0 N–H and O–H groups in total. The highest BCUT2D eigenvalue weighted by Crippen LogP contribution is 2.28. The van der Waals surface area contributed by atoms with Crippen LogP contribution in [0.25, 0.3) is 0 Å².